The summed E-state index contributed by atoms with van der Waals surface area (Å²) in [6, 6.07) is 6.52. The van der Waals surface area contributed by atoms with Crippen molar-refractivity contribution in [1.29, 1.82) is 0 Å². The lowest BCUT2D eigenvalue weighted by atomic mass is 9.93. The van der Waals surface area contributed by atoms with Crippen molar-refractivity contribution < 1.29 is 50.0 Å². The fourth-order valence-electron chi connectivity index (χ4n) is 3.64. The van der Waals surface area contributed by atoms with Crippen LogP contribution in [0.2, 0.25) is 0 Å². The average molecular weight is 422 g/mol. The summed E-state index contributed by atoms with van der Waals surface area (Å²) < 4.78 is 17.1. The summed E-state index contributed by atoms with van der Waals surface area (Å²) in [5, 5.41) is 69.2. The van der Waals surface area contributed by atoms with Crippen molar-refractivity contribution in [1.82, 2.24) is 0 Å². The van der Waals surface area contributed by atoms with E-state index < -0.39 is 36.8 Å². The molecule has 0 aliphatic carbocycles. The van der Waals surface area contributed by atoms with Crippen LogP contribution in [-0.4, -0.2) is 73.1 Å². The lowest BCUT2D eigenvalue weighted by Crippen LogP contribution is -2.55. The molecule has 0 unspecified atom stereocenters. The summed E-state index contributed by atoms with van der Waals surface area (Å²) >= 11 is 0. The van der Waals surface area contributed by atoms with Crippen LogP contribution in [-0.2, 0) is 15.9 Å². The summed E-state index contributed by atoms with van der Waals surface area (Å²) in [6.07, 6.45) is -7.21. The largest absolute Gasteiger partial charge is 0.508 e. The highest BCUT2D eigenvalue weighted by atomic mass is 16.7. The fraction of sp³-hybridized carbons (Fsp3) is 0.400. The number of benzene rings is 2. The van der Waals surface area contributed by atoms with E-state index in [1.54, 1.807) is 0 Å². The van der Waals surface area contributed by atoms with Gasteiger partial charge in [-0.25, -0.2) is 0 Å². The lowest BCUT2D eigenvalue weighted by molar-refractivity contribution is -0.290. The predicted molar refractivity (Wildman–Crippen MR) is 99.2 cm³/mol. The third-order valence-corrected chi connectivity index (χ3v) is 5.26. The molecule has 10 heteroatoms. The van der Waals surface area contributed by atoms with Gasteiger partial charge < -0.3 is 50.0 Å². The number of hydrogen-bond donors (Lipinski definition) is 7. The molecular weight excluding hydrogens is 400 g/mol. The summed E-state index contributed by atoms with van der Waals surface area (Å²) in [7, 11) is 0. The van der Waals surface area contributed by atoms with Gasteiger partial charge in [0.2, 0.25) is 0 Å². The molecule has 0 bridgehead atoms. The van der Waals surface area contributed by atoms with E-state index in [4.69, 9.17) is 14.2 Å². The Morgan fingerprint density at radius 2 is 1.63 bits per heavy atom. The minimum Gasteiger partial charge on any atom is -0.508 e. The standard InChI is InChI=1S/C20H22O10/c21-9-4-12(23)10-6-16(30-20-18(27)17(26)14(25)7-28-20)19(29-15(10)5-9)8-1-2-11(22)13(24)3-8/h1-5,14,16-27H,6-7H2/t14-,16+,17+,18-,19-,20+/m1/s1. The first-order valence-electron chi connectivity index (χ1n) is 9.29. The second-order valence-corrected chi connectivity index (χ2v) is 7.36. The van der Waals surface area contributed by atoms with E-state index in [2.05, 4.69) is 0 Å². The van der Waals surface area contributed by atoms with Crippen LogP contribution in [0.25, 0.3) is 0 Å². The Morgan fingerprint density at radius 3 is 2.37 bits per heavy atom. The van der Waals surface area contributed by atoms with Crippen LogP contribution in [0.1, 0.15) is 17.2 Å². The number of hydrogen-bond acceptors (Lipinski definition) is 10. The van der Waals surface area contributed by atoms with E-state index in [0.29, 0.717) is 11.1 Å². The molecule has 10 nitrogen and oxygen atoms in total. The smallest absolute Gasteiger partial charge is 0.186 e. The fourth-order valence-corrected chi connectivity index (χ4v) is 3.64. The van der Waals surface area contributed by atoms with Crippen LogP contribution in [0, 0.1) is 0 Å². The molecule has 2 aliphatic rings. The first-order chi connectivity index (χ1) is 14.2. The normalized spacial score (nSPS) is 31.0. The molecular formula is C20H22O10. The average Bonchev–Trinajstić information content (AvgIpc) is 2.70. The molecule has 1 saturated heterocycles. The molecule has 162 valence electrons. The first-order valence-corrected chi connectivity index (χ1v) is 9.29. The van der Waals surface area contributed by atoms with Crippen LogP contribution >= 0.6 is 0 Å². The van der Waals surface area contributed by atoms with Crippen molar-refractivity contribution in [2.24, 2.45) is 0 Å². The van der Waals surface area contributed by atoms with Gasteiger partial charge in [0, 0.05) is 24.1 Å². The monoisotopic (exact) mass is 422 g/mol. The van der Waals surface area contributed by atoms with E-state index in [0.717, 1.165) is 6.07 Å². The lowest BCUT2D eigenvalue weighted by Gasteiger charge is -2.40. The maximum Gasteiger partial charge on any atom is 0.186 e. The minimum atomic E-state index is -1.53. The Balaban J connectivity index is 1.68. The van der Waals surface area contributed by atoms with Gasteiger partial charge in [-0.3, -0.25) is 0 Å². The second-order valence-electron chi connectivity index (χ2n) is 7.36. The van der Waals surface area contributed by atoms with E-state index in [9.17, 15) is 35.7 Å². The van der Waals surface area contributed by atoms with Crippen molar-refractivity contribution >= 4 is 0 Å². The molecule has 0 radical (unpaired) electrons. The Bertz CT molecular complexity index is 932. The van der Waals surface area contributed by atoms with Crippen molar-refractivity contribution in [3.8, 4) is 28.7 Å². The molecule has 2 aliphatic heterocycles. The van der Waals surface area contributed by atoms with Crippen molar-refractivity contribution in [3.63, 3.8) is 0 Å². The topological polar surface area (TPSA) is 169 Å². The Kier molecular flexibility index (Phi) is 5.35. The predicted octanol–water partition coefficient (Wildman–Crippen LogP) is 0.00940. The minimum absolute atomic E-state index is 0.0823. The van der Waals surface area contributed by atoms with Gasteiger partial charge in [-0.05, 0) is 17.7 Å². The quantitative estimate of drug-likeness (QED) is 0.334. The summed E-state index contributed by atoms with van der Waals surface area (Å²) in [5.74, 6) is -0.935. The van der Waals surface area contributed by atoms with Gasteiger partial charge >= 0.3 is 0 Å². The highest BCUT2D eigenvalue weighted by Gasteiger charge is 2.43. The molecule has 6 atom stereocenters. The molecule has 1 fully saturated rings. The molecule has 0 spiro atoms. The third-order valence-electron chi connectivity index (χ3n) is 5.26. The van der Waals surface area contributed by atoms with E-state index in [1.807, 2.05) is 0 Å². The zero-order valence-corrected chi connectivity index (χ0v) is 15.6. The maximum atomic E-state index is 10.2. The molecule has 2 aromatic rings. The number of ether oxygens (including phenoxy) is 3. The van der Waals surface area contributed by atoms with Crippen molar-refractivity contribution in [2.45, 2.75) is 43.2 Å². The Hall–Kier alpha value is -2.76. The van der Waals surface area contributed by atoms with E-state index in [-0.39, 0.29) is 41.8 Å². The van der Waals surface area contributed by atoms with Crippen molar-refractivity contribution in [3.05, 3.63) is 41.5 Å². The zero-order chi connectivity index (χ0) is 21.6. The molecule has 2 heterocycles. The van der Waals surface area contributed by atoms with Crippen LogP contribution in [0.3, 0.4) is 0 Å². The summed E-state index contributed by atoms with van der Waals surface area (Å²) in [6.45, 7) is -0.253. The first kappa shape index (κ1) is 20.5. The highest BCUT2D eigenvalue weighted by Crippen LogP contribution is 2.44. The van der Waals surface area contributed by atoms with Gasteiger partial charge in [-0.1, -0.05) is 6.07 Å². The van der Waals surface area contributed by atoms with E-state index in [1.165, 1.54) is 24.3 Å². The molecule has 0 amide bonds. The van der Waals surface area contributed by atoms with Gasteiger partial charge in [0.25, 0.3) is 0 Å². The zero-order valence-electron chi connectivity index (χ0n) is 15.6. The van der Waals surface area contributed by atoms with Gasteiger partial charge in [-0.15, -0.1) is 0 Å². The van der Waals surface area contributed by atoms with Crippen molar-refractivity contribution in [2.75, 3.05) is 6.61 Å². The summed E-state index contributed by atoms with van der Waals surface area (Å²) in [5.41, 5.74) is 0.762. The van der Waals surface area contributed by atoms with Gasteiger partial charge in [0.15, 0.2) is 23.9 Å². The maximum absolute atomic E-state index is 10.2. The van der Waals surface area contributed by atoms with Crippen LogP contribution in [0.4, 0.5) is 0 Å². The Labute approximate surface area is 170 Å². The van der Waals surface area contributed by atoms with Gasteiger partial charge in [0.1, 0.15) is 41.7 Å². The molecule has 2 aromatic carbocycles. The van der Waals surface area contributed by atoms with Crippen LogP contribution in [0.5, 0.6) is 28.7 Å². The number of phenols is 4. The van der Waals surface area contributed by atoms with Crippen LogP contribution in [0.15, 0.2) is 30.3 Å². The molecule has 0 saturated carbocycles. The molecule has 7 N–H and O–H groups in total. The number of fused-ring (bicyclic) bond motifs is 1. The summed E-state index contributed by atoms with van der Waals surface area (Å²) in [4.78, 5) is 0. The van der Waals surface area contributed by atoms with E-state index >= 15 is 0 Å². The van der Waals surface area contributed by atoms with Gasteiger partial charge in [0.05, 0.1) is 6.61 Å². The number of aliphatic hydroxyl groups is 3. The highest BCUT2D eigenvalue weighted by molar-refractivity contribution is 5.52. The number of aromatic hydroxyl groups is 4. The molecule has 30 heavy (non-hydrogen) atoms. The van der Waals surface area contributed by atoms with Crippen LogP contribution < -0.4 is 4.74 Å². The number of phenolic OH excluding ortho intramolecular Hbond substituents is 4. The van der Waals surface area contributed by atoms with Gasteiger partial charge in [-0.2, -0.15) is 0 Å². The number of rotatable bonds is 3. The number of aliphatic hydroxyl groups excluding tert-OH is 3. The Morgan fingerprint density at radius 1 is 0.867 bits per heavy atom. The SMILES string of the molecule is Oc1cc(O)c2c(c1)O[C@H](c1ccc(O)c(O)c1)[C@@H](O[C@@H]1OC[C@@H](O)[C@H](O)[C@H]1O)C2. The molecule has 0 aromatic heterocycles. The third kappa shape index (κ3) is 3.71. The molecule has 4 rings (SSSR count). The second kappa shape index (κ2) is 7.82.